The highest BCUT2D eigenvalue weighted by molar-refractivity contribution is 6.32. The zero-order valence-corrected chi connectivity index (χ0v) is 14.9. The third-order valence-electron chi connectivity index (χ3n) is 3.45. The van der Waals surface area contributed by atoms with Crippen LogP contribution in [0.2, 0.25) is 5.02 Å². The maximum atomic E-state index is 12.4. The quantitative estimate of drug-likeness (QED) is 0.813. The van der Waals surface area contributed by atoms with Gasteiger partial charge in [0.1, 0.15) is 0 Å². The molecule has 0 aliphatic heterocycles. The number of hydrogen-bond donors (Lipinski definition) is 1. The summed E-state index contributed by atoms with van der Waals surface area (Å²) in [5, 5.41) is 12.0. The first kappa shape index (κ1) is 18.6. The Balaban J connectivity index is 2.13. The van der Waals surface area contributed by atoms with Gasteiger partial charge in [0.05, 0.1) is 30.4 Å². The molecular formula is C19H19ClN2O3. The highest BCUT2D eigenvalue weighted by Gasteiger charge is 2.15. The monoisotopic (exact) mass is 358 g/mol. The molecule has 0 aliphatic carbocycles. The van der Waals surface area contributed by atoms with Crippen LogP contribution in [-0.2, 0) is 6.54 Å². The van der Waals surface area contributed by atoms with E-state index in [0.29, 0.717) is 40.8 Å². The number of carbonyl (C=O) groups excluding carboxylic acids is 1. The van der Waals surface area contributed by atoms with Crippen LogP contribution in [0, 0.1) is 11.3 Å². The lowest BCUT2D eigenvalue weighted by molar-refractivity contribution is 0.0950. The van der Waals surface area contributed by atoms with Gasteiger partial charge in [0.15, 0.2) is 11.5 Å². The largest absolute Gasteiger partial charge is 0.493 e. The van der Waals surface area contributed by atoms with Crippen LogP contribution in [0.5, 0.6) is 11.5 Å². The van der Waals surface area contributed by atoms with Crippen molar-refractivity contribution < 1.29 is 14.3 Å². The van der Waals surface area contributed by atoms with E-state index in [0.717, 1.165) is 12.0 Å². The molecule has 2 rings (SSSR count). The Morgan fingerprint density at radius 1 is 1.32 bits per heavy atom. The molecule has 0 saturated carbocycles. The van der Waals surface area contributed by atoms with Crippen LogP contribution in [0.1, 0.15) is 34.8 Å². The first-order valence-corrected chi connectivity index (χ1v) is 8.24. The average Bonchev–Trinajstić information content (AvgIpc) is 2.64. The van der Waals surface area contributed by atoms with Crippen molar-refractivity contribution in [3.05, 3.63) is 58.1 Å². The molecule has 0 spiro atoms. The van der Waals surface area contributed by atoms with Crippen molar-refractivity contribution in [1.29, 1.82) is 5.26 Å². The molecule has 0 aromatic heterocycles. The molecular weight excluding hydrogens is 340 g/mol. The SMILES string of the molecule is CCCOc1c(Cl)cc(C(=O)NCc2cccc(C#N)c2)cc1OC. The molecule has 0 aliphatic rings. The first-order valence-electron chi connectivity index (χ1n) is 7.86. The van der Waals surface area contributed by atoms with Gasteiger partial charge in [-0.1, -0.05) is 30.7 Å². The topological polar surface area (TPSA) is 71.3 Å². The van der Waals surface area contributed by atoms with Crippen molar-refractivity contribution in [2.45, 2.75) is 19.9 Å². The lowest BCUT2D eigenvalue weighted by Crippen LogP contribution is -2.23. The summed E-state index contributed by atoms with van der Waals surface area (Å²) in [5.74, 6) is 0.562. The van der Waals surface area contributed by atoms with Crippen molar-refractivity contribution in [2.75, 3.05) is 13.7 Å². The summed E-state index contributed by atoms with van der Waals surface area (Å²) in [6.07, 6.45) is 0.837. The normalized spacial score (nSPS) is 10.0. The lowest BCUT2D eigenvalue weighted by Gasteiger charge is -2.14. The van der Waals surface area contributed by atoms with Crippen molar-refractivity contribution >= 4 is 17.5 Å². The summed E-state index contributed by atoms with van der Waals surface area (Å²) in [5.41, 5.74) is 1.77. The zero-order chi connectivity index (χ0) is 18.2. The third-order valence-corrected chi connectivity index (χ3v) is 3.73. The second kappa shape index (κ2) is 8.95. The van der Waals surface area contributed by atoms with Crippen molar-refractivity contribution in [3.63, 3.8) is 0 Å². The predicted octanol–water partition coefficient (Wildman–Crippen LogP) is 3.94. The van der Waals surface area contributed by atoms with Crippen molar-refractivity contribution in [1.82, 2.24) is 5.32 Å². The van der Waals surface area contributed by atoms with E-state index in [1.54, 1.807) is 30.3 Å². The summed E-state index contributed by atoms with van der Waals surface area (Å²) < 4.78 is 10.9. The number of amides is 1. The summed E-state index contributed by atoms with van der Waals surface area (Å²) in [4.78, 5) is 12.4. The van der Waals surface area contributed by atoms with E-state index in [1.165, 1.54) is 7.11 Å². The van der Waals surface area contributed by atoms with Crippen LogP contribution in [0.25, 0.3) is 0 Å². The van der Waals surface area contributed by atoms with Crippen LogP contribution >= 0.6 is 11.6 Å². The van der Waals surface area contributed by atoms with Crippen LogP contribution < -0.4 is 14.8 Å². The van der Waals surface area contributed by atoms with Gasteiger partial charge >= 0.3 is 0 Å². The number of halogens is 1. The fourth-order valence-electron chi connectivity index (χ4n) is 2.23. The molecule has 1 N–H and O–H groups in total. The number of nitrogens with zero attached hydrogens (tertiary/aromatic N) is 1. The standard InChI is InChI=1S/C19H19ClN2O3/c1-3-7-25-18-16(20)9-15(10-17(18)24-2)19(23)22-12-14-6-4-5-13(8-14)11-21/h4-6,8-10H,3,7,12H2,1-2H3,(H,22,23). The number of hydrogen-bond acceptors (Lipinski definition) is 4. The molecule has 0 atom stereocenters. The molecule has 0 fully saturated rings. The van der Waals surface area contributed by atoms with Crippen molar-refractivity contribution in [2.24, 2.45) is 0 Å². The van der Waals surface area contributed by atoms with Gasteiger partial charge in [0.2, 0.25) is 0 Å². The van der Waals surface area contributed by atoms with E-state index in [-0.39, 0.29) is 5.91 Å². The van der Waals surface area contributed by atoms with E-state index >= 15 is 0 Å². The molecule has 0 heterocycles. The van der Waals surface area contributed by atoms with Crippen molar-refractivity contribution in [3.8, 4) is 17.6 Å². The van der Waals surface area contributed by atoms with Crippen LogP contribution in [0.3, 0.4) is 0 Å². The molecule has 2 aromatic carbocycles. The first-order chi connectivity index (χ1) is 12.1. The van der Waals surface area contributed by atoms with Crippen LogP contribution in [0.15, 0.2) is 36.4 Å². The predicted molar refractivity (Wildman–Crippen MR) is 96.1 cm³/mol. The van der Waals surface area contributed by atoms with Crippen LogP contribution in [-0.4, -0.2) is 19.6 Å². The van der Waals surface area contributed by atoms with E-state index in [2.05, 4.69) is 11.4 Å². The molecule has 0 bridgehead atoms. The molecule has 1 amide bonds. The molecule has 5 nitrogen and oxygen atoms in total. The van der Waals surface area contributed by atoms with Gasteiger partial charge in [-0.3, -0.25) is 4.79 Å². The lowest BCUT2D eigenvalue weighted by atomic mass is 10.1. The van der Waals surface area contributed by atoms with Gasteiger partial charge in [-0.05, 0) is 36.2 Å². The summed E-state index contributed by atoms with van der Waals surface area (Å²) >= 11 is 6.23. The Kier molecular flexibility index (Phi) is 6.67. The smallest absolute Gasteiger partial charge is 0.251 e. The number of methoxy groups -OCH3 is 1. The zero-order valence-electron chi connectivity index (χ0n) is 14.1. The Hall–Kier alpha value is -2.71. The van der Waals surface area contributed by atoms with E-state index in [1.807, 2.05) is 13.0 Å². The molecule has 0 saturated heterocycles. The fourth-order valence-corrected chi connectivity index (χ4v) is 2.50. The summed E-state index contributed by atoms with van der Waals surface area (Å²) in [7, 11) is 1.50. The summed E-state index contributed by atoms with van der Waals surface area (Å²) in [6.45, 7) is 2.81. The molecule has 6 heteroatoms. The molecule has 130 valence electrons. The Morgan fingerprint density at radius 2 is 2.12 bits per heavy atom. The molecule has 0 radical (unpaired) electrons. The summed E-state index contributed by atoms with van der Waals surface area (Å²) in [6, 6.07) is 12.3. The Labute approximate surface area is 152 Å². The minimum Gasteiger partial charge on any atom is -0.493 e. The van der Waals surface area contributed by atoms with Gasteiger partial charge < -0.3 is 14.8 Å². The fraction of sp³-hybridized carbons (Fsp3) is 0.263. The second-order valence-corrected chi connectivity index (χ2v) is 5.74. The third kappa shape index (κ3) is 4.88. The van der Waals surface area contributed by atoms with Gasteiger partial charge in [-0.2, -0.15) is 5.26 Å². The number of nitriles is 1. The van der Waals surface area contributed by atoms with Gasteiger partial charge in [-0.15, -0.1) is 0 Å². The maximum absolute atomic E-state index is 12.4. The Morgan fingerprint density at radius 3 is 2.80 bits per heavy atom. The highest BCUT2D eigenvalue weighted by atomic mass is 35.5. The number of nitrogens with one attached hydrogen (secondary N) is 1. The molecule has 0 unspecified atom stereocenters. The maximum Gasteiger partial charge on any atom is 0.251 e. The molecule has 2 aromatic rings. The minimum atomic E-state index is -0.287. The van der Waals surface area contributed by atoms with Crippen LogP contribution in [0.4, 0.5) is 0 Å². The second-order valence-electron chi connectivity index (χ2n) is 5.33. The van der Waals surface area contributed by atoms with Gasteiger partial charge in [-0.25, -0.2) is 0 Å². The highest BCUT2D eigenvalue weighted by Crippen LogP contribution is 2.36. The van der Waals surface area contributed by atoms with Gasteiger partial charge in [0.25, 0.3) is 5.91 Å². The van der Waals surface area contributed by atoms with Gasteiger partial charge in [0, 0.05) is 12.1 Å². The average molecular weight is 359 g/mol. The van der Waals surface area contributed by atoms with E-state index in [9.17, 15) is 4.79 Å². The number of benzene rings is 2. The van der Waals surface area contributed by atoms with E-state index < -0.39 is 0 Å². The number of rotatable bonds is 7. The Bertz CT molecular complexity index is 800. The van der Waals surface area contributed by atoms with E-state index in [4.69, 9.17) is 26.3 Å². The number of ether oxygens (including phenoxy) is 2. The number of carbonyl (C=O) groups is 1. The molecule has 25 heavy (non-hydrogen) atoms. The minimum absolute atomic E-state index is 0.287.